The second-order valence-electron chi connectivity index (χ2n) is 3.42. The second-order valence-corrected chi connectivity index (χ2v) is 3.42. The Morgan fingerprint density at radius 3 is 3.07 bits per heavy atom. The number of nitrogens with zero attached hydrogens (tertiary/aromatic N) is 3. The topological polar surface area (TPSA) is 65.9 Å². The molecule has 0 unspecified atom stereocenters. The van der Waals surface area contributed by atoms with E-state index in [0.29, 0.717) is 6.54 Å². The number of nitrogens with two attached hydrogens (primary N) is 1. The van der Waals surface area contributed by atoms with Crippen LogP contribution in [-0.2, 0) is 6.54 Å². The van der Waals surface area contributed by atoms with Crippen molar-refractivity contribution in [3.63, 3.8) is 0 Å². The van der Waals surface area contributed by atoms with E-state index in [2.05, 4.69) is 16.0 Å². The molecule has 0 aliphatic carbocycles. The summed E-state index contributed by atoms with van der Waals surface area (Å²) < 4.78 is 0. The number of nitriles is 1. The van der Waals surface area contributed by atoms with E-state index in [9.17, 15) is 0 Å². The highest BCUT2D eigenvalue weighted by Gasteiger charge is 2.28. The van der Waals surface area contributed by atoms with Gasteiger partial charge in [0.15, 0.2) is 0 Å². The Morgan fingerprint density at radius 1 is 1.64 bits per heavy atom. The lowest BCUT2D eigenvalue weighted by Gasteiger charge is -2.37. The third kappa shape index (κ3) is 1.42. The molecule has 14 heavy (non-hydrogen) atoms. The molecular weight excluding hydrogens is 176 g/mol. The Balaban J connectivity index is 2.14. The molecule has 0 bridgehead atoms. The monoisotopic (exact) mass is 188 g/mol. The normalized spacial score (nSPS) is 16.1. The molecule has 2 rings (SSSR count). The Labute approximate surface area is 83.0 Å². The van der Waals surface area contributed by atoms with Crippen LogP contribution in [0.5, 0.6) is 0 Å². The number of hydrogen-bond acceptors (Lipinski definition) is 4. The SMILES string of the molecule is N#CC1CN(c2ncccc2CN)C1. The van der Waals surface area contributed by atoms with E-state index in [1.54, 1.807) is 6.20 Å². The molecule has 0 spiro atoms. The van der Waals surface area contributed by atoms with Crippen LogP contribution in [0.4, 0.5) is 5.82 Å². The Kier molecular flexibility index (Phi) is 2.33. The Hall–Kier alpha value is -1.60. The first-order valence-electron chi connectivity index (χ1n) is 4.63. The van der Waals surface area contributed by atoms with Crippen LogP contribution in [-0.4, -0.2) is 18.1 Å². The predicted octanol–water partition coefficient (Wildman–Crippen LogP) is 0.500. The van der Waals surface area contributed by atoms with Gasteiger partial charge in [-0.3, -0.25) is 0 Å². The van der Waals surface area contributed by atoms with E-state index in [1.807, 2.05) is 12.1 Å². The molecule has 2 N–H and O–H groups in total. The van der Waals surface area contributed by atoms with Gasteiger partial charge in [0.05, 0.1) is 12.0 Å². The molecule has 0 saturated carbocycles. The third-order valence-corrected chi connectivity index (χ3v) is 2.45. The van der Waals surface area contributed by atoms with Crippen molar-refractivity contribution in [1.29, 1.82) is 5.26 Å². The molecule has 4 heteroatoms. The molecule has 0 aromatic carbocycles. The van der Waals surface area contributed by atoms with E-state index in [1.165, 1.54) is 0 Å². The van der Waals surface area contributed by atoms with E-state index in [4.69, 9.17) is 11.0 Å². The molecule has 1 aromatic rings. The molecule has 4 nitrogen and oxygen atoms in total. The average molecular weight is 188 g/mol. The van der Waals surface area contributed by atoms with E-state index in [-0.39, 0.29) is 5.92 Å². The van der Waals surface area contributed by atoms with Gasteiger partial charge in [-0.15, -0.1) is 0 Å². The molecular formula is C10H12N4. The molecule has 0 amide bonds. The van der Waals surface area contributed by atoms with Gasteiger partial charge in [0, 0.05) is 31.4 Å². The molecule has 1 aliphatic rings. The first kappa shape index (κ1) is 8.97. The number of pyridine rings is 1. The van der Waals surface area contributed by atoms with Crippen LogP contribution in [0, 0.1) is 17.2 Å². The van der Waals surface area contributed by atoms with Gasteiger partial charge in [-0.25, -0.2) is 4.98 Å². The summed E-state index contributed by atoms with van der Waals surface area (Å²) in [5, 5.41) is 8.66. The highest BCUT2D eigenvalue weighted by Crippen LogP contribution is 2.24. The van der Waals surface area contributed by atoms with Gasteiger partial charge in [-0.2, -0.15) is 5.26 Å². The minimum Gasteiger partial charge on any atom is -0.354 e. The van der Waals surface area contributed by atoms with Crippen LogP contribution in [0.1, 0.15) is 5.56 Å². The van der Waals surface area contributed by atoms with Crippen LogP contribution >= 0.6 is 0 Å². The predicted molar refractivity (Wildman–Crippen MR) is 53.4 cm³/mol. The van der Waals surface area contributed by atoms with Crippen molar-refractivity contribution < 1.29 is 0 Å². The lowest BCUT2D eigenvalue weighted by molar-refractivity contribution is 0.498. The molecule has 0 radical (unpaired) electrons. The minimum atomic E-state index is 0.155. The zero-order chi connectivity index (χ0) is 9.97. The van der Waals surface area contributed by atoms with Crippen LogP contribution in [0.2, 0.25) is 0 Å². The van der Waals surface area contributed by atoms with Crippen molar-refractivity contribution in [3.8, 4) is 6.07 Å². The summed E-state index contributed by atoms with van der Waals surface area (Å²) in [6.07, 6.45) is 1.76. The summed E-state index contributed by atoms with van der Waals surface area (Å²) >= 11 is 0. The van der Waals surface area contributed by atoms with Crippen LogP contribution in [0.25, 0.3) is 0 Å². The van der Waals surface area contributed by atoms with E-state index >= 15 is 0 Å². The lowest BCUT2D eigenvalue weighted by atomic mass is 10.0. The summed E-state index contributed by atoms with van der Waals surface area (Å²) in [6, 6.07) is 6.09. The largest absolute Gasteiger partial charge is 0.354 e. The molecule has 1 saturated heterocycles. The molecule has 1 aliphatic heterocycles. The van der Waals surface area contributed by atoms with Gasteiger partial charge in [0.2, 0.25) is 0 Å². The summed E-state index contributed by atoms with van der Waals surface area (Å²) in [7, 11) is 0. The number of aromatic nitrogens is 1. The van der Waals surface area contributed by atoms with Crippen molar-refractivity contribution in [1.82, 2.24) is 4.98 Å². The van der Waals surface area contributed by atoms with Crippen LogP contribution in [0.15, 0.2) is 18.3 Å². The zero-order valence-electron chi connectivity index (χ0n) is 7.85. The Bertz CT molecular complexity index is 363. The highest BCUT2D eigenvalue weighted by atomic mass is 15.2. The van der Waals surface area contributed by atoms with Crippen molar-refractivity contribution >= 4 is 5.82 Å². The van der Waals surface area contributed by atoms with Crippen LogP contribution in [0.3, 0.4) is 0 Å². The summed E-state index contributed by atoms with van der Waals surface area (Å²) in [6.45, 7) is 2.05. The highest BCUT2D eigenvalue weighted by molar-refractivity contribution is 5.49. The maximum atomic E-state index is 8.66. The maximum absolute atomic E-state index is 8.66. The molecule has 1 fully saturated rings. The lowest BCUT2D eigenvalue weighted by Crippen LogP contribution is -2.47. The fourth-order valence-electron chi connectivity index (χ4n) is 1.61. The summed E-state index contributed by atoms with van der Waals surface area (Å²) in [4.78, 5) is 6.37. The van der Waals surface area contributed by atoms with E-state index in [0.717, 1.165) is 24.5 Å². The van der Waals surface area contributed by atoms with Gasteiger partial charge in [0.1, 0.15) is 5.82 Å². The van der Waals surface area contributed by atoms with Crippen molar-refractivity contribution in [3.05, 3.63) is 23.9 Å². The molecule has 0 atom stereocenters. The molecule has 1 aromatic heterocycles. The first-order valence-corrected chi connectivity index (χ1v) is 4.63. The summed E-state index contributed by atoms with van der Waals surface area (Å²) in [5.74, 6) is 1.09. The van der Waals surface area contributed by atoms with Crippen molar-refractivity contribution in [2.75, 3.05) is 18.0 Å². The zero-order valence-corrected chi connectivity index (χ0v) is 7.85. The number of rotatable bonds is 2. The van der Waals surface area contributed by atoms with Gasteiger partial charge in [-0.1, -0.05) is 6.07 Å². The third-order valence-electron chi connectivity index (χ3n) is 2.45. The standard InChI is InChI=1S/C10H12N4/c11-4-8-6-14(7-8)10-9(5-12)2-1-3-13-10/h1-3,8H,5-7,12H2. The van der Waals surface area contributed by atoms with Crippen molar-refractivity contribution in [2.45, 2.75) is 6.54 Å². The first-order chi connectivity index (χ1) is 6.85. The van der Waals surface area contributed by atoms with Crippen LogP contribution < -0.4 is 10.6 Å². The fraction of sp³-hybridized carbons (Fsp3) is 0.400. The van der Waals surface area contributed by atoms with Gasteiger partial charge < -0.3 is 10.6 Å². The van der Waals surface area contributed by atoms with Gasteiger partial charge in [0.25, 0.3) is 0 Å². The van der Waals surface area contributed by atoms with Gasteiger partial charge in [-0.05, 0) is 6.07 Å². The van der Waals surface area contributed by atoms with E-state index < -0.39 is 0 Å². The second kappa shape index (κ2) is 3.64. The summed E-state index contributed by atoms with van der Waals surface area (Å²) in [5.41, 5.74) is 6.65. The number of anilines is 1. The maximum Gasteiger partial charge on any atom is 0.133 e. The number of hydrogen-bond donors (Lipinski definition) is 1. The fourth-order valence-corrected chi connectivity index (χ4v) is 1.61. The Morgan fingerprint density at radius 2 is 2.43 bits per heavy atom. The minimum absolute atomic E-state index is 0.155. The molecule has 72 valence electrons. The average Bonchev–Trinajstić information content (AvgIpc) is 2.17. The smallest absolute Gasteiger partial charge is 0.133 e. The van der Waals surface area contributed by atoms with Crippen molar-refractivity contribution in [2.24, 2.45) is 11.7 Å². The molecule has 2 heterocycles. The van der Waals surface area contributed by atoms with Gasteiger partial charge >= 0.3 is 0 Å². The quantitative estimate of drug-likeness (QED) is 0.734.